The Morgan fingerprint density at radius 3 is 2.71 bits per heavy atom. The Hall–Kier alpha value is -0.380. The Labute approximate surface area is 89.8 Å². The smallest absolute Gasteiger partial charge is 0.0474 e. The first-order valence-electron chi connectivity index (χ1n) is 5.18. The van der Waals surface area contributed by atoms with Crippen molar-refractivity contribution in [3.05, 3.63) is 21.9 Å². The lowest BCUT2D eigenvalue weighted by atomic mass is 10.1. The fourth-order valence-corrected chi connectivity index (χ4v) is 2.65. The minimum absolute atomic E-state index is 0.192. The van der Waals surface area contributed by atoms with Crippen LogP contribution in [0, 0.1) is 5.92 Å². The molecule has 0 radical (unpaired) electrons. The van der Waals surface area contributed by atoms with Gasteiger partial charge in [0.2, 0.25) is 0 Å². The zero-order valence-electron chi connectivity index (χ0n) is 8.70. The molecule has 1 unspecified atom stereocenters. The number of aliphatic hydroxyl groups excluding tert-OH is 1. The van der Waals surface area contributed by atoms with Gasteiger partial charge in [-0.3, -0.25) is 0 Å². The molecule has 2 nitrogen and oxygen atoms in total. The van der Waals surface area contributed by atoms with E-state index in [2.05, 4.69) is 19.1 Å². The number of aliphatic hydroxyl groups is 1. The summed E-state index contributed by atoms with van der Waals surface area (Å²) in [6, 6.07) is 4.35. The molecule has 0 aliphatic carbocycles. The molecule has 0 spiro atoms. The summed E-state index contributed by atoms with van der Waals surface area (Å²) in [5.41, 5.74) is 5.54. The van der Waals surface area contributed by atoms with E-state index in [4.69, 9.17) is 10.8 Å². The number of aryl methyl sites for hydroxylation is 1. The lowest BCUT2D eigenvalue weighted by Crippen LogP contribution is -2.19. The molecule has 1 heterocycles. The van der Waals surface area contributed by atoms with Crippen LogP contribution >= 0.6 is 11.3 Å². The fourth-order valence-electron chi connectivity index (χ4n) is 1.42. The van der Waals surface area contributed by atoms with Crippen molar-refractivity contribution in [2.75, 3.05) is 13.2 Å². The molecule has 3 N–H and O–H groups in total. The van der Waals surface area contributed by atoms with Gasteiger partial charge in [-0.05, 0) is 37.4 Å². The molecule has 0 saturated heterocycles. The Morgan fingerprint density at radius 1 is 1.43 bits per heavy atom. The quantitative estimate of drug-likeness (QED) is 0.757. The van der Waals surface area contributed by atoms with Gasteiger partial charge in [-0.15, -0.1) is 11.3 Å². The van der Waals surface area contributed by atoms with E-state index in [1.807, 2.05) is 11.3 Å². The third kappa shape index (κ3) is 3.40. The third-order valence-electron chi connectivity index (χ3n) is 2.30. The van der Waals surface area contributed by atoms with Crippen LogP contribution in [0.4, 0.5) is 0 Å². The van der Waals surface area contributed by atoms with Gasteiger partial charge in [0, 0.05) is 16.4 Å². The summed E-state index contributed by atoms with van der Waals surface area (Å²) in [6.45, 7) is 2.95. The molecule has 0 aliphatic rings. The van der Waals surface area contributed by atoms with E-state index < -0.39 is 0 Å². The van der Waals surface area contributed by atoms with Crippen molar-refractivity contribution in [2.24, 2.45) is 11.7 Å². The highest BCUT2D eigenvalue weighted by Gasteiger charge is 2.08. The van der Waals surface area contributed by atoms with Crippen molar-refractivity contribution in [1.29, 1.82) is 0 Å². The van der Waals surface area contributed by atoms with Crippen molar-refractivity contribution in [3.63, 3.8) is 0 Å². The van der Waals surface area contributed by atoms with E-state index in [1.165, 1.54) is 16.2 Å². The normalized spacial score (nSPS) is 13.1. The average molecular weight is 213 g/mol. The third-order valence-corrected chi connectivity index (χ3v) is 3.46. The Balaban J connectivity index is 2.49. The highest BCUT2D eigenvalue weighted by Crippen LogP contribution is 2.20. The van der Waals surface area contributed by atoms with Gasteiger partial charge in [0.15, 0.2) is 0 Å². The maximum absolute atomic E-state index is 9.02. The predicted octanol–water partition coefficient (Wildman–Crippen LogP) is 1.81. The summed E-state index contributed by atoms with van der Waals surface area (Å²) in [5.74, 6) is 0.225. The summed E-state index contributed by atoms with van der Waals surface area (Å²) in [4.78, 5) is 2.79. The zero-order valence-corrected chi connectivity index (χ0v) is 9.52. The van der Waals surface area contributed by atoms with Gasteiger partial charge in [-0.25, -0.2) is 0 Å². The number of hydrogen-bond acceptors (Lipinski definition) is 3. The zero-order chi connectivity index (χ0) is 10.4. The average Bonchev–Trinajstić information content (AvgIpc) is 2.63. The molecule has 1 aromatic rings. The van der Waals surface area contributed by atoms with Crippen LogP contribution < -0.4 is 5.73 Å². The van der Waals surface area contributed by atoms with Crippen LogP contribution in [-0.2, 0) is 12.8 Å². The topological polar surface area (TPSA) is 46.2 Å². The molecule has 0 aromatic carbocycles. The molecule has 0 aliphatic heterocycles. The number of nitrogens with two attached hydrogens (primary N) is 1. The van der Waals surface area contributed by atoms with E-state index in [-0.39, 0.29) is 12.5 Å². The second-order valence-corrected chi connectivity index (χ2v) is 4.86. The Bertz CT molecular complexity index is 256. The first-order valence-corrected chi connectivity index (χ1v) is 6.00. The first-order chi connectivity index (χ1) is 6.80. The molecule has 1 aromatic heterocycles. The standard InChI is InChI=1S/C11H19NOS/c1-2-3-10-4-5-11(14-10)6-9(7-12)8-13/h4-5,9,13H,2-3,6-8,12H2,1H3. The van der Waals surface area contributed by atoms with E-state index in [0.29, 0.717) is 6.54 Å². The van der Waals surface area contributed by atoms with Gasteiger partial charge in [-0.1, -0.05) is 13.3 Å². The van der Waals surface area contributed by atoms with E-state index in [0.717, 1.165) is 12.8 Å². The first kappa shape index (κ1) is 11.7. The molecule has 80 valence electrons. The second-order valence-electron chi connectivity index (χ2n) is 3.61. The van der Waals surface area contributed by atoms with Crippen LogP contribution in [0.5, 0.6) is 0 Å². The molecule has 0 saturated carbocycles. The minimum atomic E-state index is 0.192. The Morgan fingerprint density at radius 2 is 2.14 bits per heavy atom. The predicted molar refractivity (Wildman–Crippen MR) is 61.6 cm³/mol. The van der Waals surface area contributed by atoms with Crippen molar-refractivity contribution < 1.29 is 5.11 Å². The largest absolute Gasteiger partial charge is 0.396 e. The van der Waals surface area contributed by atoms with Crippen molar-refractivity contribution in [2.45, 2.75) is 26.2 Å². The van der Waals surface area contributed by atoms with Gasteiger partial charge in [0.25, 0.3) is 0 Å². The summed E-state index contributed by atoms with van der Waals surface area (Å²) >= 11 is 1.85. The van der Waals surface area contributed by atoms with Crippen LogP contribution in [0.1, 0.15) is 23.1 Å². The molecule has 1 atom stereocenters. The van der Waals surface area contributed by atoms with Crippen molar-refractivity contribution >= 4 is 11.3 Å². The molecule has 1 rings (SSSR count). The van der Waals surface area contributed by atoms with Crippen LogP contribution in [0.3, 0.4) is 0 Å². The van der Waals surface area contributed by atoms with Gasteiger partial charge in [0.1, 0.15) is 0 Å². The second kappa shape index (κ2) is 6.17. The van der Waals surface area contributed by atoms with Gasteiger partial charge in [-0.2, -0.15) is 0 Å². The molecule has 14 heavy (non-hydrogen) atoms. The lowest BCUT2D eigenvalue weighted by Gasteiger charge is -2.08. The molecule has 0 amide bonds. The van der Waals surface area contributed by atoms with Crippen LogP contribution in [0.25, 0.3) is 0 Å². The highest BCUT2D eigenvalue weighted by atomic mass is 32.1. The summed E-state index contributed by atoms with van der Waals surface area (Å²) in [7, 11) is 0. The maximum Gasteiger partial charge on any atom is 0.0474 e. The minimum Gasteiger partial charge on any atom is -0.396 e. The maximum atomic E-state index is 9.02. The van der Waals surface area contributed by atoms with Gasteiger partial charge < -0.3 is 10.8 Å². The van der Waals surface area contributed by atoms with E-state index >= 15 is 0 Å². The van der Waals surface area contributed by atoms with Gasteiger partial charge in [0.05, 0.1) is 0 Å². The highest BCUT2D eigenvalue weighted by molar-refractivity contribution is 7.11. The number of hydrogen-bond donors (Lipinski definition) is 2. The summed E-state index contributed by atoms with van der Waals surface area (Å²) in [6.07, 6.45) is 3.28. The SMILES string of the molecule is CCCc1ccc(CC(CN)CO)s1. The van der Waals surface area contributed by atoms with E-state index in [9.17, 15) is 0 Å². The van der Waals surface area contributed by atoms with Crippen molar-refractivity contribution in [1.82, 2.24) is 0 Å². The van der Waals surface area contributed by atoms with Crippen LogP contribution in [0.2, 0.25) is 0 Å². The summed E-state index contributed by atoms with van der Waals surface area (Å²) < 4.78 is 0. The molecule has 0 fully saturated rings. The summed E-state index contributed by atoms with van der Waals surface area (Å²) in [5, 5.41) is 9.02. The molecular formula is C11H19NOS. The molecular weight excluding hydrogens is 194 g/mol. The van der Waals surface area contributed by atoms with Crippen LogP contribution in [0.15, 0.2) is 12.1 Å². The van der Waals surface area contributed by atoms with Gasteiger partial charge >= 0.3 is 0 Å². The number of thiophene rings is 1. The Kier molecular flexibility index (Phi) is 5.15. The van der Waals surface area contributed by atoms with Crippen molar-refractivity contribution in [3.8, 4) is 0 Å². The monoisotopic (exact) mass is 213 g/mol. The molecule has 3 heteroatoms. The molecule has 0 bridgehead atoms. The van der Waals surface area contributed by atoms with E-state index in [1.54, 1.807) is 0 Å². The number of rotatable bonds is 6. The fraction of sp³-hybridized carbons (Fsp3) is 0.636. The lowest BCUT2D eigenvalue weighted by molar-refractivity contribution is 0.230. The van der Waals surface area contributed by atoms with Crippen LogP contribution in [-0.4, -0.2) is 18.3 Å².